The minimum absolute atomic E-state index is 0.0635. The molecule has 0 bridgehead atoms. The maximum Gasteiger partial charge on any atom is 0.305 e. The Balaban J connectivity index is 3.25. The van der Waals surface area contributed by atoms with E-state index in [2.05, 4.69) is 13.0 Å². The molecule has 0 aliphatic rings. The van der Waals surface area contributed by atoms with Gasteiger partial charge in [0.05, 0.1) is 0 Å². The highest BCUT2D eigenvalue weighted by molar-refractivity contribution is 5.69. The Bertz CT molecular complexity index is 542. The first kappa shape index (κ1) is 18.0. The summed E-state index contributed by atoms with van der Waals surface area (Å²) < 4.78 is 10.4. The summed E-state index contributed by atoms with van der Waals surface area (Å²) in [6.45, 7) is 8.63. The molecule has 22 heavy (non-hydrogen) atoms. The van der Waals surface area contributed by atoms with Crippen LogP contribution in [0.3, 0.4) is 0 Å². The van der Waals surface area contributed by atoms with E-state index in [-0.39, 0.29) is 5.92 Å². The van der Waals surface area contributed by atoms with E-state index >= 15 is 0 Å². The van der Waals surface area contributed by atoms with Crippen LogP contribution in [0.5, 0.6) is 0 Å². The Labute approximate surface area is 132 Å². The number of esters is 2. The predicted octanol–water partition coefficient (Wildman–Crippen LogP) is 3.74. The van der Waals surface area contributed by atoms with E-state index in [1.807, 2.05) is 38.1 Å². The maximum absolute atomic E-state index is 11.3. The highest BCUT2D eigenvalue weighted by atomic mass is 16.7. The molecule has 1 aromatic carbocycles. The zero-order chi connectivity index (χ0) is 16.7. The average Bonchev–Trinajstić information content (AvgIpc) is 2.43. The van der Waals surface area contributed by atoms with Crippen LogP contribution < -0.4 is 0 Å². The second-order valence-corrected chi connectivity index (χ2v) is 5.40. The third kappa shape index (κ3) is 5.35. The third-order valence-corrected chi connectivity index (χ3v) is 3.24. The van der Waals surface area contributed by atoms with Crippen molar-refractivity contribution in [2.45, 2.75) is 47.3 Å². The lowest BCUT2D eigenvalue weighted by atomic mass is 9.96. The number of hydrogen-bond donors (Lipinski definition) is 0. The number of aryl methyl sites for hydroxylation is 1. The number of hydrogen-bond acceptors (Lipinski definition) is 4. The molecule has 0 aliphatic carbocycles. The molecule has 120 valence electrons. The lowest BCUT2D eigenvalue weighted by Gasteiger charge is -2.22. The molecule has 0 atom stereocenters. The molecule has 1 rings (SSSR count). The zero-order valence-electron chi connectivity index (χ0n) is 13.9. The van der Waals surface area contributed by atoms with Crippen molar-refractivity contribution in [2.24, 2.45) is 5.92 Å². The van der Waals surface area contributed by atoms with Crippen molar-refractivity contribution >= 4 is 18.0 Å². The topological polar surface area (TPSA) is 52.6 Å². The molecule has 0 N–H and O–H groups in total. The quantitative estimate of drug-likeness (QED) is 0.593. The smallest absolute Gasteiger partial charge is 0.305 e. The van der Waals surface area contributed by atoms with Gasteiger partial charge in [0.15, 0.2) is 0 Å². The summed E-state index contributed by atoms with van der Waals surface area (Å²) in [4.78, 5) is 22.6. The van der Waals surface area contributed by atoms with Gasteiger partial charge in [-0.15, -0.1) is 0 Å². The minimum atomic E-state index is -0.986. The summed E-state index contributed by atoms with van der Waals surface area (Å²) in [7, 11) is 0. The fourth-order valence-corrected chi connectivity index (χ4v) is 2.15. The molecule has 4 nitrogen and oxygen atoms in total. The second-order valence-electron chi connectivity index (χ2n) is 5.40. The van der Waals surface area contributed by atoms with E-state index in [1.54, 1.807) is 0 Å². The SMILES string of the molecule is CCc1ccccc1C=C(C(C)C)C(OC(C)=O)OC(C)=O. The fourth-order valence-electron chi connectivity index (χ4n) is 2.15. The standard InChI is InChI=1S/C18H24O4/c1-6-15-9-7-8-10-16(15)11-17(12(2)3)18(21-13(4)19)22-14(5)20/h7-12,18H,6H2,1-5H3. The monoisotopic (exact) mass is 304 g/mol. The molecule has 0 radical (unpaired) electrons. The van der Waals surface area contributed by atoms with Crippen LogP contribution in [-0.4, -0.2) is 18.2 Å². The van der Waals surface area contributed by atoms with Gasteiger partial charge in [-0.3, -0.25) is 9.59 Å². The van der Waals surface area contributed by atoms with Crippen molar-refractivity contribution in [1.29, 1.82) is 0 Å². The van der Waals surface area contributed by atoms with Crippen LogP contribution >= 0.6 is 0 Å². The second kappa shape index (κ2) is 8.37. The third-order valence-electron chi connectivity index (χ3n) is 3.24. The Hall–Kier alpha value is -2.10. The Morgan fingerprint density at radius 1 is 1.09 bits per heavy atom. The van der Waals surface area contributed by atoms with E-state index in [0.717, 1.165) is 17.6 Å². The molecule has 4 heteroatoms. The van der Waals surface area contributed by atoms with E-state index in [0.29, 0.717) is 0 Å². The van der Waals surface area contributed by atoms with Gasteiger partial charge in [0.25, 0.3) is 6.29 Å². The average molecular weight is 304 g/mol. The number of ether oxygens (including phenoxy) is 2. The van der Waals surface area contributed by atoms with Gasteiger partial charge in [-0.2, -0.15) is 0 Å². The number of benzene rings is 1. The van der Waals surface area contributed by atoms with Crippen LogP contribution in [0, 0.1) is 5.92 Å². The van der Waals surface area contributed by atoms with Gasteiger partial charge >= 0.3 is 11.9 Å². The number of carbonyl (C=O) groups is 2. The highest BCUT2D eigenvalue weighted by Gasteiger charge is 2.23. The van der Waals surface area contributed by atoms with Crippen molar-refractivity contribution in [3.63, 3.8) is 0 Å². The van der Waals surface area contributed by atoms with Crippen LogP contribution in [0.1, 0.15) is 45.7 Å². The van der Waals surface area contributed by atoms with Gasteiger partial charge in [-0.25, -0.2) is 0 Å². The lowest BCUT2D eigenvalue weighted by molar-refractivity contribution is -0.178. The fraction of sp³-hybridized carbons (Fsp3) is 0.444. The Kier molecular flexibility index (Phi) is 6.83. The molecule has 0 aromatic heterocycles. The zero-order valence-corrected chi connectivity index (χ0v) is 13.9. The molecule has 0 aliphatic heterocycles. The van der Waals surface area contributed by atoms with E-state index < -0.39 is 18.2 Å². The highest BCUT2D eigenvalue weighted by Crippen LogP contribution is 2.24. The summed E-state index contributed by atoms with van der Waals surface area (Å²) in [5.74, 6) is -0.906. The van der Waals surface area contributed by atoms with E-state index in [9.17, 15) is 9.59 Å². The van der Waals surface area contributed by atoms with Crippen molar-refractivity contribution in [2.75, 3.05) is 0 Å². The van der Waals surface area contributed by atoms with Crippen LogP contribution in [0.4, 0.5) is 0 Å². The Morgan fingerprint density at radius 3 is 2.09 bits per heavy atom. The first-order valence-electron chi connectivity index (χ1n) is 7.49. The molecular formula is C18H24O4. The number of rotatable bonds is 6. The predicted molar refractivity (Wildman–Crippen MR) is 86.0 cm³/mol. The summed E-state index contributed by atoms with van der Waals surface area (Å²) in [5.41, 5.74) is 2.98. The number of carbonyl (C=O) groups excluding carboxylic acids is 2. The van der Waals surface area contributed by atoms with Gasteiger partial charge in [0.1, 0.15) is 0 Å². The first-order chi connectivity index (χ1) is 10.3. The lowest BCUT2D eigenvalue weighted by Crippen LogP contribution is -2.27. The van der Waals surface area contributed by atoms with E-state index in [1.165, 1.54) is 19.4 Å². The van der Waals surface area contributed by atoms with Gasteiger partial charge in [0.2, 0.25) is 0 Å². The Morgan fingerprint density at radius 2 is 1.64 bits per heavy atom. The molecule has 0 amide bonds. The van der Waals surface area contributed by atoms with Crippen LogP contribution in [-0.2, 0) is 25.5 Å². The summed E-state index contributed by atoms with van der Waals surface area (Å²) in [6, 6.07) is 7.99. The molecule has 0 saturated heterocycles. The van der Waals surface area contributed by atoms with Crippen LogP contribution in [0.2, 0.25) is 0 Å². The molecule has 1 aromatic rings. The summed E-state index contributed by atoms with van der Waals surface area (Å²) in [6.07, 6.45) is 1.85. The van der Waals surface area contributed by atoms with Crippen LogP contribution in [0.25, 0.3) is 6.08 Å². The van der Waals surface area contributed by atoms with Gasteiger partial charge in [-0.05, 0) is 29.5 Å². The van der Waals surface area contributed by atoms with Crippen molar-refractivity contribution in [3.8, 4) is 0 Å². The largest absolute Gasteiger partial charge is 0.421 e. The molecule has 0 saturated carbocycles. The molecule has 0 unspecified atom stereocenters. The molecule has 0 fully saturated rings. The summed E-state index contributed by atoms with van der Waals surface area (Å²) in [5, 5.41) is 0. The van der Waals surface area contributed by atoms with Crippen molar-refractivity contribution in [3.05, 3.63) is 41.0 Å². The van der Waals surface area contributed by atoms with Gasteiger partial charge < -0.3 is 9.47 Å². The minimum Gasteiger partial charge on any atom is -0.421 e. The first-order valence-corrected chi connectivity index (χ1v) is 7.49. The molecule has 0 heterocycles. The van der Waals surface area contributed by atoms with Crippen LogP contribution in [0.15, 0.2) is 29.8 Å². The summed E-state index contributed by atoms with van der Waals surface area (Å²) >= 11 is 0. The van der Waals surface area contributed by atoms with Crippen molar-refractivity contribution < 1.29 is 19.1 Å². The van der Waals surface area contributed by atoms with E-state index in [4.69, 9.17) is 9.47 Å². The van der Waals surface area contributed by atoms with Gasteiger partial charge in [-0.1, -0.05) is 45.0 Å². The molecular weight excluding hydrogens is 280 g/mol. The van der Waals surface area contributed by atoms with Gasteiger partial charge in [0, 0.05) is 19.4 Å². The normalized spacial score (nSPS) is 11.7. The molecule has 0 spiro atoms. The van der Waals surface area contributed by atoms with Crippen molar-refractivity contribution in [1.82, 2.24) is 0 Å². The maximum atomic E-state index is 11.3.